The van der Waals surface area contributed by atoms with Gasteiger partial charge in [0.1, 0.15) is 5.82 Å². The topological polar surface area (TPSA) is 83.5 Å². The number of hydrogen-bond donors (Lipinski definition) is 0. The van der Waals surface area contributed by atoms with E-state index in [4.69, 9.17) is 0 Å². The van der Waals surface area contributed by atoms with Gasteiger partial charge in [-0.15, -0.1) is 0 Å². The third-order valence-corrected chi connectivity index (χ3v) is 5.54. The highest BCUT2D eigenvalue weighted by atomic mass is 32.2. The Morgan fingerprint density at radius 2 is 1.81 bits per heavy atom. The quantitative estimate of drug-likeness (QED) is 0.809. The lowest BCUT2D eigenvalue weighted by atomic mass is 10.2. The Labute approximate surface area is 153 Å². The van der Waals surface area contributed by atoms with Gasteiger partial charge in [0.25, 0.3) is 5.91 Å². The summed E-state index contributed by atoms with van der Waals surface area (Å²) in [6, 6.07) is 6.20. The van der Waals surface area contributed by atoms with Gasteiger partial charge in [-0.2, -0.15) is 0 Å². The largest absolute Gasteiger partial charge is 0.352 e. The van der Waals surface area contributed by atoms with Crippen LogP contribution in [0.15, 0.2) is 35.4 Å². The maximum atomic E-state index is 12.7. The van der Waals surface area contributed by atoms with Crippen molar-refractivity contribution in [1.29, 1.82) is 0 Å². The zero-order valence-corrected chi connectivity index (χ0v) is 16.0. The molecule has 2 aromatic rings. The molecule has 8 heteroatoms. The number of hydrogen-bond acceptors (Lipinski definition) is 6. The van der Waals surface area contributed by atoms with E-state index < -0.39 is 9.84 Å². The van der Waals surface area contributed by atoms with Crippen LogP contribution < -0.4 is 4.90 Å². The zero-order valence-electron chi connectivity index (χ0n) is 15.1. The normalized spacial score (nSPS) is 15.2. The first-order chi connectivity index (χ1) is 12.3. The summed E-state index contributed by atoms with van der Waals surface area (Å²) in [5.74, 6) is 0.707. The van der Waals surface area contributed by atoms with Gasteiger partial charge in [-0.05, 0) is 32.0 Å². The third kappa shape index (κ3) is 3.85. The van der Waals surface area contributed by atoms with Crippen LogP contribution in [0.1, 0.15) is 21.7 Å². The van der Waals surface area contributed by atoms with Gasteiger partial charge in [0.15, 0.2) is 9.84 Å². The second-order valence-corrected chi connectivity index (χ2v) is 8.52. The fourth-order valence-corrected chi connectivity index (χ4v) is 3.65. The minimum atomic E-state index is -3.34. The van der Waals surface area contributed by atoms with Crippen LogP contribution in [-0.4, -0.2) is 61.6 Å². The molecule has 0 atom stereocenters. The van der Waals surface area contributed by atoms with Crippen molar-refractivity contribution in [3.05, 3.63) is 47.4 Å². The average Bonchev–Trinajstić information content (AvgIpc) is 2.63. The molecule has 1 aromatic heterocycles. The van der Waals surface area contributed by atoms with Crippen molar-refractivity contribution in [3.8, 4) is 0 Å². The molecule has 7 nitrogen and oxygen atoms in total. The highest BCUT2D eigenvalue weighted by Gasteiger charge is 2.24. The molecule has 1 aliphatic rings. The number of carbonyl (C=O) groups is 1. The molecule has 0 bridgehead atoms. The monoisotopic (exact) mass is 374 g/mol. The predicted octanol–water partition coefficient (Wildman–Crippen LogP) is 1.46. The second-order valence-electron chi connectivity index (χ2n) is 6.50. The summed E-state index contributed by atoms with van der Waals surface area (Å²) in [7, 11) is -3.34. The van der Waals surface area contributed by atoms with E-state index in [0.717, 1.165) is 23.5 Å². The van der Waals surface area contributed by atoms with Crippen molar-refractivity contribution in [2.24, 2.45) is 0 Å². The number of amides is 1. The molecule has 26 heavy (non-hydrogen) atoms. The fraction of sp³-hybridized carbons (Fsp3) is 0.389. The van der Waals surface area contributed by atoms with Gasteiger partial charge < -0.3 is 9.80 Å². The summed E-state index contributed by atoms with van der Waals surface area (Å²) in [6.07, 6.45) is 2.88. The molecule has 0 N–H and O–H groups in total. The number of aryl methyl sites for hydroxylation is 2. The van der Waals surface area contributed by atoms with E-state index in [2.05, 4.69) is 14.9 Å². The molecular formula is C18H22N4O3S. The van der Waals surface area contributed by atoms with Crippen molar-refractivity contribution in [2.45, 2.75) is 18.7 Å². The van der Waals surface area contributed by atoms with Crippen LogP contribution in [0.3, 0.4) is 0 Å². The molecule has 0 unspecified atom stereocenters. The van der Waals surface area contributed by atoms with Crippen molar-refractivity contribution < 1.29 is 13.2 Å². The molecule has 1 fully saturated rings. The van der Waals surface area contributed by atoms with Crippen LogP contribution >= 0.6 is 0 Å². The van der Waals surface area contributed by atoms with Gasteiger partial charge in [0, 0.05) is 44.2 Å². The third-order valence-electron chi connectivity index (χ3n) is 4.43. The molecule has 138 valence electrons. The van der Waals surface area contributed by atoms with Gasteiger partial charge in [0.05, 0.1) is 16.3 Å². The number of carbonyl (C=O) groups excluding carboxylic acids is 1. The van der Waals surface area contributed by atoms with E-state index in [9.17, 15) is 13.2 Å². The van der Waals surface area contributed by atoms with Crippen LogP contribution in [0.4, 0.5) is 5.82 Å². The number of nitrogens with zero attached hydrogens (tertiary/aromatic N) is 4. The fourth-order valence-electron chi connectivity index (χ4n) is 2.99. The summed E-state index contributed by atoms with van der Waals surface area (Å²) in [4.78, 5) is 25.7. The molecule has 0 radical (unpaired) electrons. The number of anilines is 1. The van der Waals surface area contributed by atoms with Crippen molar-refractivity contribution in [2.75, 3.05) is 37.3 Å². The first-order valence-electron chi connectivity index (χ1n) is 8.40. The lowest BCUT2D eigenvalue weighted by molar-refractivity contribution is 0.0746. The molecule has 1 saturated heterocycles. The van der Waals surface area contributed by atoms with Gasteiger partial charge in [-0.25, -0.2) is 13.4 Å². The Kier molecular flexibility index (Phi) is 4.95. The van der Waals surface area contributed by atoms with Crippen LogP contribution in [0.5, 0.6) is 0 Å². The Hall–Kier alpha value is -2.48. The number of piperazine rings is 1. The molecule has 1 aliphatic heterocycles. The molecule has 0 aliphatic carbocycles. The van der Waals surface area contributed by atoms with Crippen molar-refractivity contribution in [1.82, 2.24) is 14.9 Å². The van der Waals surface area contributed by atoms with E-state index in [1.807, 2.05) is 13.8 Å². The van der Waals surface area contributed by atoms with Gasteiger partial charge in [0.2, 0.25) is 0 Å². The smallest absolute Gasteiger partial charge is 0.254 e. The zero-order chi connectivity index (χ0) is 18.9. The summed E-state index contributed by atoms with van der Waals surface area (Å²) in [5, 5.41) is 0. The molecule has 0 spiro atoms. The van der Waals surface area contributed by atoms with Gasteiger partial charge in [-0.1, -0.05) is 6.07 Å². The van der Waals surface area contributed by atoms with Crippen LogP contribution in [0, 0.1) is 13.8 Å². The second kappa shape index (κ2) is 7.03. The standard InChI is InChI=1S/C18H22N4O3S/c1-13-12-19-14(2)17(20-13)21-7-9-22(10-8-21)18(23)15-5-4-6-16(11-15)26(3,24)25/h4-6,11-12H,7-10H2,1-3H3. The molecule has 0 saturated carbocycles. The summed E-state index contributed by atoms with van der Waals surface area (Å²) < 4.78 is 23.4. The first-order valence-corrected chi connectivity index (χ1v) is 10.3. The van der Waals surface area contributed by atoms with Crippen LogP contribution in [0.2, 0.25) is 0 Å². The van der Waals surface area contributed by atoms with Crippen LogP contribution in [0.25, 0.3) is 0 Å². The molecule has 3 rings (SSSR count). The van der Waals surface area contributed by atoms with E-state index in [-0.39, 0.29) is 10.8 Å². The van der Waals surface area contributed by atoms with Gasteiger partial charge in [-0.3, -0.25) is 9.78 Å². The molecule has 1 amide bonds. The summed E-state index contributed by atoms with van der Waals surface area (Å²) >= 11 is 0. The maximum Gasteiger partial charge on any atom is 0.254 e. The maximum absolute atomic E-state index is 12.7. The predicted molar refractivity (Wildman–Crippen MR) is 99.2 cm³/mol. The number of rotatable bonds is 3. The number of sulfone groups is 1. The van der Waals surface area contributed by atoms with Crippen molar-refractivity contribution >= 4 is 21.6 Å². The minimum Gasteiger partial charge on any atom is -0.352 e. The Morgan fingerprint density at radius 1 is 1.12 bits per heavy atom. The number of benzene rings is 1. The van der Waals surface area contributed by atoms with E-state index in [1.54, 1.807) is 23.2 Å². The Balaban J connectivity index is 1.72. The van der Waals surface area contributed by atoms with Crippen LogP contribution in [-0.2, 0) is 9.84 Å². The Morgan fingerprint density at radius 3 is 2.46 bits per heavy atom. The van der Waals surface area contributed by atoms with Crippen molar-refractivity contribution in [3.63, 3.8) is 0 Å². The molecule has 2 heterocycles. The summed E-state index contributed by atoms with van der Waals surface area (Å²) in [6.45, 7) is 6.27. The van der Waals surface area contributed by atoms with E-state index >= 15 is 0 Å². The first kappa shape index (κ1) is 18.3. The minimum absolute atomic E-state index is 0.151. The molecular weight excluding hydrogens is 352 g/mol. The van der Waals surface area contributed by atoms with E-state index in [1.165, 1.54) is 12.1 Å². The summed E-state index contributed by atoms with van der Waals surface area (Å²) in [5.41, 5.74) is 2.13. The highest BCUT2D eigenvalue weighted by Crippen LogP contribution is 2.19. The lowest BCUT2D eigenvalue weighted by Crippen LogP contribution is -2.49. The average molecular weight is 374 g/mol. The highest BCUT2D eigenvalue weighted by molar-refractivity contribution is 7.90. The van der Waals surface area contributed by atoms with Gasteiger partial charge >= 0.3 is 0 Å². The SMILES string of the molecule is Cc1cnc(C)c(N2CCN(C(=O)c3cccc(S(C)(=O)=O)c3)CC2)n1. The molecule has 1 aromatic carbocycles. The number of aromatic nitrogens is 2. The lowest BCUT2D eigenvalue weighted by Gasteiger charge is -2.36. The van der Waals surface area contributed by atoms with E-state index in [0.29, 0.717) is 31.7 Å². The Bertz CT molecular complexity index is 935.